The minimum atomic E-state index is -0.201. The summed E-state index contributed by atoms with van der Waals surface area (Å²) in [6.45, 7) is 4.28. The lowest BCUT2D eigenvalue weighted by Crippen LogP contribution is -2.03. The molecular weight excluding hydrogens is 454 g/mol. The molecule has 1 heterocycles. The first-order chi connectivity index (χ1) is 16.4. The van der Waals surface area contributed by atoms with Gasteiger partial charge in [0.25, 0.3) is 5.91 Å². The number of carbonyl (C=O) groups excluding carboxylic acids is 1. The number of anilines is 1. The average Bonchev–Trinajstić information content (AvgIpc) is 3.16. The van der Waals surface area contributed by atoms with Gasteiger partial charge in [-0.3, -0.25) is 4.79 Å². The molecule has 3 aromatic carbocycles. The van der Waals surface area contributed by atoms with E-state index < -0.39 is 0 Å². The van der Waals surface area contributed by atoms with Crippen LogP contribution in [0.25, 0.3) is 17.2 Å². The predicted octanol–water partition coefficient (Wildman–Crippen LogP) is 5.93. The molecular formula is C27H24ClNO5. The van der Waals surface area contributed by atoms with Crippen molar-refractivity contribution in [1.29, 1.82) is 0 Å². The van der Waals surface area contributed by atoms with E-state index in [4.69, 9.17) is 30.5 Å². The number of methoxy groups -OCH3 is 4. The van der Waals surface area contributed by atoms with Gasteiger partial charge in [-0.05, 0) is 59.2 Å². The van der Waals surface area contributed by atoms with Gasteiger partial charge >= 0.3 is 0 Å². The highest BCUT2D eigenvalue weighted by atomic mass is 35.5. The lowest BCUT2D eigenvalue weighted by molar-refractivity contribution is -0.110. The number of benzene rings is 3. The Morgan fingerprint density at radius 3 is 2.15 bits per heavy atom. The van der Waals surface area contributed by atoms with Crippen LogP contribution in [0.4, 0.5) is 5.69 Å². The zero-order valence-corrected chi connectivity index (χ0v) is 20.1. The van der Waals surface area contributed by atoms with E-state index in [0.717, 1.165) is 27.8 Å². The van der Waals surface area contributed by atoms with Crippen LogP contribution in [0.3, 0.4) is 0 Å². The summed E-state index contributed by atoms with van der Waals surface area (Å²) >= 11 is 6.08. The van der Waals surface area contributed by atoms with Gasteiger partial charge in [0.15, 0.2) is 11.5 Å². The maximum absolute atomic E-state index is 12.7. The van der Waals surface area contributed by atoms with Crippen molar-refractivity contribution >= 4 is 40.4 Å². The van der Waals surface area contributed by atoms with E-state index in [2.05, 4.69) is 11.9 Å². The van der Waals surface area contributed by atoms with Gasteiger partial charge in [-0.15, -0.1) is 0 Å². The molecule has 0 spiro atoms. The van der Waals surface area contributed by atoms with Crippen molar-refractivity contribution < 1.29 is 23.7 Å². The number of ether oxygens (including phenoxy) is 4. The second-order valence-corrected chi connectivity index (χ2v) is 7.99. The average molecular weight is 478 g/mol. The molecule has 6 nitrogen and oxygen atoms in total. The van der Waals surface area contributed by atoms with Crippen molar-refractivity contribution in [3.63, 3.8) is 0 Å². The molecule has 174 valence electrons. The SMILES string of the molecule is C=C(c1ccc(OC)c(/C=C2/C(=O)Nc3cc(Cl)ccc32)c1)c1cc(OC)c(OC)c(OC)c1. The molecule has 0 saturated heterocycles. The minimum absolute atomic E-state index is 0.201. The van der Waals surface area contributed by atoms with Gasteiger partial charge in [-0.25, -0.2) is 0 Å². The number of carbonyl (C=O) groups is 1. The molecule has 3 aromatic rings. The molecule has 0 radical (unpaired) electrons. The Kier molecular flexibility index (Phi) is 6.52. The molecule has 1 N–H and O–H groups in total. The highest BCUT2D eigenvalue weighted by Crippen LogP contribution is 2.41. The molecule has 0 aliphatic carbocycles. The van der Waals surface area contributed by atoms with E-state index in [1.54, 1.807) is 46.6 Å². The minimum Gasteiger partial charge on any atom is -0.496 e. The first kappa shape index (κ1) is 23.3. The zero-order chi connectivity index (χ0) is 24.4. The first-order valence-corrected chi connectivity index (χ1v) is 10.8. The normalized spacial score (nSPS) is 13.3. The molecule has 4 rings (SSSR count). The summed E-state index contributed by atoms with van der Waals surface area (Å²) in [5.74, 6) is 2.00. The van der Waals surface area contributed by atoms with Crippen LogP contribution in [0.2, 0.25) is 5.02 Å². The van der Waals surface area contributed by atoms with E-state index >= 15 is 0 Å². The lowest BCUT2D eigenvalue weighted by atomic mass is 9.95. The quantitative estimate of drug-likeness (QED) is 0.427. The van der Waals surface area contributed by atoms with Gasteiger partial charge in [-0.2, -0.15) is 0 Å². The van der Waals surface area contributed by atoms with Crippen LogP contribution in [-0.2, 0) is 4.79 Å². The standard InChI is InChI=1S/C27H24ClNO5/c1-15(17-12-24(32-3)26(34-5)25(13-17)33-4)16-6-9-23(31-2)18(10-16)11-21-20-8-7-19(28)14-22(20)29-27(21)30/h6-14H,1H2,2-5H3,(H,29,30)/b21-11+. The van der Waals surface area contributed by atoms with E-state index in [9.17, 15) is 4.79 Å². The van der Waals surface area contributed by atoms with Gasteiger partial charge in [0.05, 0.1) is 34.1 Å². The summed E-state index contributed by atoms with van der Waals surface area (Å²) in [5.41, 5.74) is 5.12. The molecule has 0 bridgehead atoms. The summed E-state index contributed by atoms with van der Waals surface area (Å²) in [6, 6.07) is 14.7. The molecule has 0 fully saturated rings. The van der Waals surface area contributed by atoms with Crippen LogP contribution in [0.1, 0.15) is 22.3 Å². The summed E-state index contributed by atoms with van der Waals surface area (Å²) in [5, 5.41) is 3.41. The Morgan fingerprint density at radius 2 is 1.53 bits per heavy atom. The van der Waals surface area contributed by atoms with Crippen LogP contribution >= 0.6 is 11.6 Å². The Morgan fingerprint density at radius 1 is 0.853 bits per heavy atom. The topological polar surface area (TPSA) is 66.0 Å². The van der Waals surface area contributed by atoms with Crippen molar-refractivity contribution in [1.82, 2.24) is 0 Å². The molecule has 1 aliphatic heterocycles. The zero-order valence-electron chi connectivity index (χ0n) is 19.3. The maximum atomic E-state index is 12.7. The summed E-state index contributed by atoms with van der Waals surface area (Å²) < 4.78 is 21.9. The molecule has 0 aromatic heterocycles. The van der Waals surface area contributed by atoms with Crippen molar-refractivity contribution in [3.05, 3.63) is 82.4 Å². The number of hydrogen-bond donors (Lipinski definition) is 1. The summed E-state index contributed by atoms with van der Waals surface area (Å²) in [7, 11) is 6.29. The van der Waals surface area contributed by atoms with Crippen LogP contribution in [0.5, 0.6) is 23.0 Å². The molecule has 0 unspecified atom stereocenters. The maximum Gasteiger partial charge on any atom is 0.256 e. The van der Waals surface area contributed by atoms with Gasteiger partial charge in [0.1, 0.15) is 5.75 Å². The first-order valence-electron chi connectivity index (χ1n) is 10.4. The molecule has 0 atom stereocenters. The van der Waals surface area contributed by atoms with Crippen molar-refractivity contribution in [3.8, 4) is 23.0 Å². The van der Waals surface area contributed by atoms with Crippen molar-refractivity contribution in [2.75, 3.05) is 33.8 Å². The van der Waals surface area contributed by atoms with Gasteiger partial charge in [-0.1, -0.05) is 30.3 Å². The van der Waals surface area contributed by atoms with Crippen LogP contribution < -0.4 is 24.3 Å². The van der Waals surface area contributed by atoms with Crippen LogP contribution in [0, 0.1) is 0 Å². The predicted molar refractivity (Wildman–Crippen MR) is 135 cm³/mol. The second-order valence-electron chi connectivity index (χ2n) is 7.55. The third kappa shape index (κ3) is 4.20. The second kappa shape index (κ2) is 9.53. The van der Waals surface area contributed by atoms with E-state index in [1.807, 2.05) is 36.4 Å². The number of nitrogens with one attached hydrogen (secondary N) is 1. The molecule has 1 amide bonds. The van der Waals surface area contributed by atoms with E-state index in [-0.39, 0.29) is 5.91 Å². The third-order valence-electron chi connectivity index (χ3n) is 5.66. The van der Waals surface area contributed by atoms with Gasteiger partial charge < -0.3 is 24.3 Å². The van der Waals surface area contributed by atoms with E-state index in [0.29, 0.717) is 39.3 Å². The third-order valence-corrected chi connectivity index (χ3v) is 5.89. The number of hydrogen-bond acceptors (Lipinski definition) is 5. The molecule has 1 aliphatic rings. The fraction of sp³-hybridized carbons (Fsp3) is 0.148. The number of amides is 1. The largest absolute Gasteiger partial charge is 0.496 e. The fourth-order valence-corrected chi connectivity index (χ4v) is 4.09. The number of halogens is 1. The molecule has 34 heavy (non-hydrogen) atoms. The smallest absolute Gasteiger partial charge is 0.256 e. The molecule has 7 heteroatoms. The Hall–Kier alpha value is -3.90. The van der Waals surface area contributed by atoms with Gasteiger partial charge in [0, 0.05) is 21.7 Å². The van der Waals surface area contributed by atoms with E-state index in [1.165, 1.54) is 0 Å². The highest BCUT2D eigenvalue weighted by molar-refractivity contribution is 6.36. The summed E-state index contributed by atoms with van der Waals surface area (Å²) in [6.07, 6.45) is 1.81. The Bertz CT molecular complexity index is 1300. The number of rotatable bonds is 7. The highest BCUT2D eigenvalue weighted by Gasteiger charge is 2.25. The van der Waals surface area contributed by atoms with Crippen molar-refractivity contribution in [2.24, 2.45) is 0 Å². The Labute approximate surface area is 203 Å². The monoisotopic (exact) mass is 477 g/mol. The number of fused-ring (bicyclic) bond motifs is 1. The van der Waals surface area contributed by atoms with Gasteiger partial charge in [0.2, 0.25) is 5.75 Å². The molecule has 0 saturated carbocycles. The Balaban J connectivity index is 1.78. The van der Waals surface area contributed by atoms with Crippen molar-refractivity contribution in [2.45, 2.75) is 0 Å². The lowest BCUT2D eigenvalue weighted by Gasteiger charge is -2.16. The van der Waals surface area contributed by atoms with Crippen LogP contribution in [0.15, 0.2) is 55.1 Å². The fourth-order valence-electron chi connectivity index (χ4n) is 3.92. The van der Waals surface area contributed by atoms with Crippen LogP contribution in [-0.4, -0.2) is 34.3 Å². The summed E-state index contributed by atoms with van der Waals surface area (Å²) in [4.78, 5) is 12.7.